The van der Waals surface area contributed by atoms with Crippen LogP contribution in [0.3, 0.4) is 0 Å². The molecule has 0 aliphatic rings. The lowest BCUT2D eigenvalue weighted by molar-refractivity contribution is 0.920. The van der Waals surface area contributed by atoms with Crippen LogP contribution in [-0.4, -0.2) is 0 Å². The summed E-state index contributed by atoms with van der Waals surface area (Å²) in [4.78, 5) is 0. The smallest absolute Gasteiger partial charge is 0.151 e. The van der Waals surface area contributed by atoms with E-state index >= 15 is 0 Å². The number of nitrogens with zero attached hydrogens (tertiary/aromatic N) is 1. The summed E-state index contributed by atoms with van der Waals surface area (Å²) >= 11 is 12.2. The number of halogens is 2. The van der Waals surface area contributed by atoms with E-state index in [2.05, 4.69) is 5.43 Å². The summed E-state index contributed by atoms with van der Waals surface area (Å²) in [5, 5.41) is 9.89. The molecule has 2 rings (SSSR count). The van der Waals surface area contributed by atoms with Crippen molar-refractivity contribution in [2.75, 3.05) is 0 Å². The molecule has 2 aromatic rings. The van der Waals surface area contributed by atoms with Crippen molar-refractivity contribution in [2.24, 2.45) is 11.6 Å². The fourth-order valence-corrected chi connectivity index (χ4v) is 2.28. The van der Waals surface area contributed by atoms with E-state index < -0.39 is 0 Å². The standard InChI is InChI=1S/C15H12Cl2N4/c16-12-3-1-2-11(14(12)17)9-4-6-10(7-5-9)15(19)13(8-18)21-20/h1-7,21H,19-20H2/b15-13-. The minimum Gasteiger partial charge on any atom is -0.396 e. The number of benzene rings is 2. The first-order valence-corrected chi connectivity index (χ1v) is 6.75. The number of allylic oxidation sites excluding steroid dienone is 1. The molecule has 0 unspecified atom stereocenters. The normalized spacial score (nSPS) is 11.5. The van der Waals surface area contributed by atoms with Crippen LogP contribution in [0.15, 0.2) is 48.2 Å². The molecule has 0 atom stereocenters. The molecule has 6 heteroatoms. The quantitative estimate of drug-likeness (QED) is 0.460. The maximum Gasteiger partial charge on any atom is 0.151 e. The third-order valence-corrected chi connectivity index (χ3v) is 3.80. The zero-order chi connectivity index (χ0) is 15.4. The average molecular weight is 319 g/mol. The number of nitriles is 1. The van der Waals surface area contributed by atoms with Gasteiger partial charge >= 0.3 is 0 Å². The molecule has 0 saturated heterocycles. The largest absolute Gasteiger partial charge is 0.396 e. The molecule has 0 heterocycles. The van der Waals surface area contributed by atoms with Gasteiger partial charge in [-0.15, -0.1) is 0 Å². The molecule has 0 aromatic heterocycles. The first-order valence-electron chi connectivity index (χ1n) is 5.99. The Balaban J connectivity index is 2.43. The SMILES string of the molecule is N#C/C(NN)=C(/N)c1ccc(-c2cccc(Cl)c2Cl)cc1. The van der Waals surface area contributed by atoms with E-state index in [4.69, 9.17) is 40.0 Å². The molecule has 0 bridgehead atoms. The maximum absolute atomic E-state index is 8.89. The van der Waals surface area contributed by atoms with Crippen molar-refractivity contribution in [2.45, 2.75) is 0 Å². The van der Waals surface area contributed by atoms with Crippen molar-refractivity contribution >= 4 is 28.9 Å². The summed E-state index contributed by atoms with van der Waals surface area (Å²) in [5.74, 6) is 5.24. The molecule has 0 saturated carbocycles. The van der Waals surface area contributed by atoms with Crippen LogP contribution in [0.2, 0.25) is 10.0 Å². The number of hydrogen-bond donors (Lipinski definition) is 3. The molecule has 0 spiro atoms. The van der Waals surface area contributed by atoms with Gasteiger partial charge in [0.05, 0.1) is 15.7 Å². The highest BCUT2D eigenvalue weighted by atomic mass is 35.5. The summed E-state index contributed by atoms with van der Waals surface area (Å²) in [7, 11) is 0. The third-order valence-electron chi connectivity index (χ3n) is 2.98. The molecule has 4 nitrogen and oxygen atoms in total. The lowest BCUT2D eigenvalue weighted by Gasteiger charge is -2.09. The van der Waals surface area contributed by atoms with Crippen molar-refractivity contribution in [1.82, 2.24) is 5.43 Å². The monoisotopic (exact) mass is 318 g/mol. The zero-order valence-electron chi connectivity index (χ0n) is 10.9. The minimum absolute atomic E-state index is 0.114. The van der Waals surface area contributed by atoms with Gasteiger partial charge in [-0.2, -0.15) is 5.26 Å². The Morgan fingerprint density at radius 1 is 1.10 bits per heavy atom. The van der Waals surface area contributed by atoms with Crippen LogP contribution in [-0.2, 0) is 0 Å². The first kappa shape index (κ1) is 15.2. The van der Waals surface area contributed by atoms with Crippen molar-refractivity contribution < 1.29 is 0 Å². The van der Waals surface area contributed by atoms with E-state index in [0.717, 1.165) is 11.1 Å². The van der Waals surface area contributed by atoms with Crippen molar-refractivity contribution in [3.8, 4) is 17.2 Å². The second kappa shape index (κ2) is 6.51. The molecular formula is C15H12Cl2N4. The van der Waals surface area contributed by atoms with Crippen LogP contribution in [0, 0.1) is 11.3 Å². The zero-order valence-corrected chi connectivity index (χ0v) is 12.4. The predicted octanol–water partition coefficient (Wildman–Crippen LogP) is 3.27. The van der Waals surface area contributed by atoms with Gasteiger partial charge in [0.1, 0.15) is 6.07 Å². The van der Waals surface area contributed by atoms with Crippen molar-refractivity contribution in [3.63, 3.8) is 0 Å². The highest BCUT2D eigenvalue weighted by Crippen LogP contribution is 2.33. The predicted molar refractivity (Wildman–Crippen MR) is 85.9 cm³/mol. The van der Waals surface area contributed by atoms with Crippen LogP contribution in [0.4, 0.5) is 0 Å². The molecule has 0 aliphatic carbocycles. The molecule has 106 valence electrons. The minimum atomic E-state index is 0.114. The Hall–Kier alpha value is -2.19. The van der Waals surface area contributed by atoms with E-state index in [1.165, 1.54) is 0 Å². The second-order valence-corrected chi connectivity index (χ2v) is 5.01. The number of nitrogens with two attached hydrogens (primary N) is 2. The van der Waals surface area contributed by atoms with Gasteiger partial charge < -0.3 is 11.2 Å². The highest BCUT2D eigenvalue weighted by Gasteiger charge is 2.08. The van der Waals surface area contributed by atoms with E-state index in [9.17, 15) is 0 Å². The summed E-state index contributed by atoms with van der Waals surface area (Å²) in [6.07, 6.45) is 0. The molecule has 5 N–H and O–H groups in total. The Morgan fingerprint density at radius 3 is 2.33 bits per heavy atom. The van der Waals surface area contributed by atoms with E-state index in [1.54, 1.807) is 18.2 Å². The Bertz CT molecular complexity index is 730. The Morgan fingerprint density at radius 2 is 1.76 bits per heavy atom. The Labute approximate surface area is 132 Å². The van der Waals surface area contributed by atoms with Crippen LogP contribution in [0.1, 0.15) is 5.56 Å². The first-order chi connectivity index (χ1) is 10.1. The van der Waals surface area contributed by atoms with E-state index in [-0.39, 0.29) is 11.4 Å². The fourth-order valence-electron chi connectivity index (χ4n) is 1.87. The lowest BCUT2D eigenvalue weighted by atomic mass is 10.0. The maximum atomic E-state index is 8.89. The summed E-state index contributed by atoms with van der Waals surface area (Å²) in [5.41, 5.74) is 11.0. The molecule has 0 amide bonds. The van der Waals surface area contributed by atoms with Gasteiger partial charge in [0.15, 0.2) is 5.70 Å². The number of nitrogens with one attached hydrogen (secondary N) is 1. The van der Waals surface area contributed by atoms with Gasteiger partial charge in [0.25, 0.3) is 0 Å². The fraction of sp³-hybridized carbons (Fsp3) is 0. The van der Waals surface area contributed by atoms with Crippen molar-refractivity contribution in [3.05, 3.63) is 63.8 Å². The highest BCUT2D eigenvalue weighted by molar-refractivity contribution is 6.43. The average Bonchev–Trinajstić information content (AvgIpc) is 2.51. The van der Waals surface area contributed by atoms with Crippen LogP contribution >= 0.6 is 23.2 Å². The third kappa shape index (κ3) is 3.11. The molecule has 0 radical (unpaired) electrons. The summed E-state index contributed by atoms with van der Waals surface area (Å²) in [6, 6.07) is 14.6. The van der Waals surface area contributed by atoms with E-state index in [1.807, 2.05) is 30.3 Å². The summed E-state index contributed by atoms with van der Waals surface area (Å²) < 4.78 is 0. The molecule has 0 fully saturated rings. The van der Waals surface area contributed by atoms with Crippen LogP contribution < -0.4 is 17.0 Å². The van der Waals surface area contributed by atoms with Gasteiger partial charge in [-0.1, -0.05) is 59.6 Å². The summed E-state index contributed by atoms with van der Waals surface area (Å²) in [6.45, 7) is 0. The van der Waals surface area contributed by atoms with Gasteiger partial charge in [0, 0.05) is 11.1 Å². The lowest BCUT2D eigenvalue weighted by Crippen LogP contribution is -2.23. The number of hydrazine groups is 1. The molecule has 2 aromatic carbocycles. The van der Waals surface area contributed by atoms with E-state index in [0.29, 0.717) is 15.6 Å². The van der Waals surface area contributed by atoms with Gasteiger partial charge in [0.2, 0.25) is 0 Å². The molecule has 21 heavy (non-hydrogen) atoms. The molecular weight excluding hydrogens is 307 g/mol. The van der Waals surface area contributed by atoms with Crippen molar-refractivity contribution in [1.29, 1.82) is 5.26 Å². The topological polar surface area (TPSA) is 87.9 Å². The van der Waals surface area contributed by atoms with Gasteiger partial charge in [-0.3, -0.25) is 0 Å². The van der Waals surface area contributed by atoms with Crippen LogP contribution in [0.25, 0.3) is 16.8 Å². The number of hydrogen-bond acceptors (Lipinski definition) is 4. The Kier molecular flexibility index (Phi) is 4.71. The van der Waals surface area contributed by atoms with Crippen LogP contribution in [0.5, 0.6) is 0 Å². The van der Waals surface area contributed by atoms with Gasteiger partial charge in [-0.05, 0) is 11.6 Å². The van der Waals surface area contributed by atoms with Gasteiger partial charge in [-0.25, -0.2) is 5.84 Å². The molecule has 0 aliphatic heterocycles. The number of rotatable bonds is 3. The second-order valence-electron chi connectivity index (χ2n) is 4.22.